The molecule has 0 atom stereocenters. The van der Waals surface area contributed by atoms with Crippen molar-refractivity contribution >= 4 is 11.6 Å². The van der Waals surface area contributed by atoms with Crippen molar-refractivity contribution in [1.82, 2.24) is 14.8 Å². The Bertz CT molecular complexity index is 1010. The molecule has 0 unspecified atom stereocenters. The average Bonchev–Trinajstić information content (AvgIpc) is 3.15. The average molecular weight is 380 g/mol. The molecule has 1 aromatic carbocycles. The molecule has 0 fully saturated rings. The van der Waals surface area contributed by atoms with Gasteiger partial charge in [0.2, 0.25) is 5.88 Å². The predicted molar refractivity (Wildman–Crippen MR) is 103 cm³/mol. The van der Waals surface area contributed by atoms with Gasteiger partial charge in [-0.15, -0.1) is 0 Å². The Morgan fingerprint density at radius 1 is 1.14 bits per heavy atom. The number of ether oxygens (including phenoxy) is 3. The van der Waals surface area contributed by atoms with Crippen LogP contribution in [0, 0.1) is 0 Å². The monoisotopic (exact) mass is 380 g/mol. The van der Waals surface area contributed by atoms with Crippen molar-refractivity contribution in [1.29, 1.82) is 0 Å². The zero-order valence-corrected chi connectivity index (χ0v) is 15.9. The number of aromatic nitrogens is 3. The minimum Gasteiger partial charge on any atom is -0.497 e. The summed E-state index contributed by atoms with van der Waals surface area (Å²) in [7, 11) is 4.98. The highest BCUT2D eigenvalue weighted by molar-refractivity contribution is 6.01. The Morgan fingerprint density at radius 3 is 2.57 bits per heavy atom. The van der Waals surface area contributed by atoms with Crippen LogP contribution in [-0.2, 0) is 18.4 Å². The molecule has 8 heteroatoms. The second-order valence-electron chi connectivity index (χ2n) is 6.38. The highest BCUT2D eigenvalue weighted by Gasteiger charge is 2.32. The Labute approximate surface area is 162 Å². The number of methoxy groups -OCH3 is 2. The Hall–Kier alpha value is -3.55. The van der Waals surface area contributed by atoms with Gasteiger partial charge in [0.15, 0.2) is 18.0 Å². The van der Waals surface area contributed by atoms with Crippen molar-refractivity contribution in [3.8, 4) is 28.5 Å². The highest BCUT2D eigenvalue weighted by atomic mass is 16.5. The smallest absolute Gasteiger partial charge is 0.265 e. The molecule has 1 aliphatic heterocycles. The molecule has 0 spiro atoms. The molecule has 0 bridgehead atoms. The number of hydrogen-bond donors (Lipinski definition) is 0. The number of carbonyl (C=O) groups excluding carboxylic acids is 1. The van der Waals surface area contributed by atoms with Gasteiger partial charge in [0.1, 0.15) is 5.75 Å². The van der Waals surface area contributed by atoms with Gasteiger partial charge in [-0.05, 0) is 17.7 Å². The van der Waals surface area contributed by atoms with Gasteiger partial charge in [0, 0.05) is 30.6 Å². The number of anilines is 1. The highest BCUT2D eigenvalue weighted by Crippen LogP contribution is 2.45. The van der Waals surface area contributed by atoms with Gasteiger partial charge in [-0.1, -0.05) is 12.1 Å². The van der Waals surface area contributed by atoms with Gasteiger partial charge in [-0.25, -0.2) is 4.98 Å². The van der Waals surface area contributed by atoms with E-state index in [9.17, 15) is 4.79 Å². The largest absolute Gasteiger partial charge is 0.497 e. The second-order valence-corrected chi connectivity index (χ2v) is 6.38. The second kappa shape index (κ2) is 7.22. The van der Waals surface area contributed by atoms with E-state index in [1.54, 1.807) is 29.1 Å². The minimum atomic E-state index is -0.160. The van der Waals surface area contributed by atoms with E-state index in [0.717, 1.165) is 22.4 Å². The third-order valence-electron chi connectivity index (χ3n) is 4.59. The van der Waals surface area contributed by atoms with Crippen LogP contribution in [0.25, 0.3) is 11.1 Å². The number of nitrogens with zero attached hydrogens (tertiary/aromatic N) is 4. The summed E-state index contributed by atoms with van der Waals surface area (Å²) < 4.78 is 18.1. The molecule has 1 aliphatic rings. The lowest BCUT2D eigenvalue weighted by Crippen LogP contribution is -2.38. The number of benzene rings is 1. The molecule has 0 radical (unpaired) electrons. The van der Waals surface area contributed by atoms with Gasteiger partial charge in [-0.2, -0.15) is 5.10 Å². The number of hydrogen-bond acceptors (Lipinski definition) is 6. The number of carbonyl (C=O) groups is 1. The first-order valence-electron chi connectivity index (χ1n) is 8.73. The molecule has 0 saturated carbocycles. The van der Waals surface area contributed by atoms with Gasteiger partial charge in [0.25, 0.3) is 5.91 Å². The molecule has 3 aromatic rings. The quantitative estimate of drug-likeness (QED) is 0.676. The van der Waals surface area contributed by atoms with Crippen LogP contribution in [0.5, 0.6) is 17.4 Å². The zero-order chi connectivity index (χ0) is 19.7. The lowest BCUT2D eigenvalue weighted by atomic mass is 10.1. The van der Waals surface area contributed by atoms with Crippen LogP contribution >= 0.6 is 0 Å². The van der Waals surface area contributed by atoms with E-state index in [-0.39, 0.29) is 12.5 Å². The summed E-state index contributed by atoms with van der Waals surface area (Å²) in [6, 6.07) is 7.57. The molecule has 0 saturated heterocycles. The molecule has 28 heavy (non-hydrogen) atoms. The molecule has 3 heterocycles. The van der Waals surface area contributed by atoms with Crippen LogP contribution in [0.2, 0.25) is 0 Å². The Balaban J connectivity index is 1.78. The third kappa shape index (κ3) is 3.13. The van der Waals surface area contributed by atoms with Crippen LogP contribution in [0.3, 0.4) is 0 Å². The van der Waals surface area contributed by atoms with Gasteiger partial charge < -0.3 is 14.2 Å². The first kappa shape index (κ1) is 17.8. The fourth-order valence-electron chi connectivity index (χ4n) is 3.18. The minimum absolute atomic E-state index is 0.0520. The normalized spacial score (nSPS) is 13.1. The van der Waals surface area contributed by atoms with Crippen LogP contribution in [0.4, 0.5) is 5.69 Å². The molecule has 2 aromatic heterocycles. The van der Waals surface area contributed by atoms with Crippen molar-refractivity contribution in [2.24, 2.45) is 7.05 Å². The maximum atomic E-state index is 12.7. The van der Waals surface area contributed by atoms with Crippen LogP contribution in [0.15, 0.2) is 42.9 Å². The SMILES string of the molecule is COc1ccc(CN2C(=O)COc3c(-c4cnn(C)c4)cnc(OC)c32)cc1. The zero-order valence-electron chi connectivity index (χ0n) is 15.9. The van der Waals surface area contributed by atoms with Crippen molar-refractivity contribution in [3.05, 3.63) is 48.4 Å². The third-order valence-corrected chi connectivity index (χ3v) is 4.59. The molecule has 4 rings (SSSR count). The fourth-order valence-corrected chi connectivity index (χ4v) is 3.18. The molecule has 0 aliphatic carbocycles. The van der Waals surface area contributed by atoms with Crippen LogP contribution in [-0.4, -0.2) is 41.5 Å². The van der Waals surface area contributed by atoms with Crippen LogP contribution in [0.1, 0.15) is 5.56 Å². The summed E-state index contributed by atoms with van der Waals surface area (Å²) in [4.78, 5) is 18.7. The van der Waals surface area contributed by atoms with Crippen molar-refractivity contribution in [2.75, 3.05) is 25.7 Å². The van der Waals surface area contributed by atoms with Gasteiger partial charge >= 0.3 is 0 Å². The fraction of sp³-hybridized carbons (Fsp3) is 0.250. The molecule has 8 nitrogen and oxygen atoms in total. The molecular formula is C20H20N4O4. The summed E-state index contributed by atoms with van der Waals surface area (Å²) in [5, 5.41) is 4.21. The van der Waals surface area contributed by atoms with Crippen molar-refractivity contribution in [2.45, 2.75) is 6.54 Å². The number of amides is 1. The topological polar surface area (TPSA) is 78.7 Å². The lowest BCUT2D eigenvalue weighted by molar-refractivity contribution is -0.121. The number of fused-ring (bicyclic) bond motifs is 1. The maximum Gasteiger partial charge on any atom is 0.265 e. The van der Waals surface area contributed by atoms with Gasteiger partial charge in [0.05, 0.1) is 27.0 Å². The lowest BCUT2D eigenvalue weighted by Gasteiger charge is -2.31. The standard InChI is InChI=1S/C20H20N4O4/c1-23-11-14(8-22-23)16-9-21-20(27-3)18-19(16)28-12-17(25)24(18)10-13-4-6-15(26-2)7-5-13/h4-9,11H,10,12H2,1-3H3. The summed E-state index contributed by atoms with van der Waals surface area (Å²) in [5.74, 6) is 1.50. The summed E-state index contributed by atoms with van der Waals surface area (Å²) in [5.41, 5.74) is 3.09. The molecule has 1 amide bonds. The van der Waals surface area contributed by atoms with Crippen molar-refractivity contribution in [3.63, 3.8) is 0 Å². The number of pyridine rings is 1. The first-order valence-corrected chi connectivity index (χ1v) is 8.73. The van der Waals surface area contributed by atoms with Crippen LogP contribution < -0.4 is 19.1 Å². The van der Waals surface area contributed by atoms with E-state index in [1.807, 2.05) is 37.5 Å². The molecule has 0 N–H and O–H groups in total. The van der Waals surface area contributed by atoms with Crippen molar-refractivity contribution < 1.29 is 19.0 Å². The Morgan fingerprint density at radius 2 is 1.93 bits per heavy atom. The van der Waals surface area contributed by atoms with Gasteiger partial charge in [-0.3, -0.25) is 14.4 Å². The summed E-state index contributed by atoms with van der Waals surface area (Å²) >= 11 is 0. The van der Waals surface area contributed by atoms with E-state index in [2.05, 4.69) is 10.1 Å². The van der Waals surface area contributed by atoms with E-state index < -0.39 is 0 Å². The Kier molecular flexibility index (Phi) is 4.60. The predicted octanol–water partition coefficient (Wildman–Crippen LogP) is 2.42. The summed E-state index contributed by atoms with van der Waals surface area (Å²) in [6.07, 6.45) is 5.28. The van der Waals surface area contributed by atoms with E-state index in [0.29, 0.717) is 23.9 Å². The van der Waals surface area contributed by atoms with E-state index >= 15 is 0 Å². The number of rotatable bonds is 5. The maximum absolute atomic E-state index is 12.7. The molecular weight excluding hydrogens is 360 g/mol. The first-order chi connectivity index (χ1) is 13.6. The van der Waals surface area contributed by atoms with E-state index in [1.165, 1.54) is 7.11 Å². The number of aryl methyl sites for hydroxylation is 1. The molecule has 144 valence electrons. The summed E-state index contributed by atoms with van der Waals surface area (Å²) in [6.45, 7) is 0.317. The van der Waals surface area contributed by atoms with E-state index in [4.69, 9.17) is 14.2 Å².